The Kier molecular flexibility index (Phi) is 9.18. The third-order valence-corrected chi connectivity index (χ3v) is 9.09. The number of urea groups is 1. The van der Waals surface area contributed by atoms with Crippen LogP contribution in [0, 0.1) is 6.92 Å². The van der Waals surface area contributed by atoms with Gasteiger partial charge in [0.1, 0.15) is 28.8 Å². The lowest BCUT2D eigenvalue weighted by molar-refractivity contribution is 0.0282. The van der Waals surface area contributed by atoms with Crippen LogP contribution in [-0.4, -0.2) is 67.7 Å². The minimum atomic E-state index is -1.47. The minimum absolute atomic E-state index is 0.0226. The van der Waals surface area contributed by atoms with Gasteiger partial charge in [0.2, 0.25) is 0 Å². The van der Waals surface area contributed by atoms with Gasteiger partial charge >= 0.3 is 12.1 Å². The number of hydrogen-bond donors (Lipinski definition) is 2. The van der Waals surface area contributed by atoms with Crippen LogP contribution in [-0.2, 0) is 10.3 Å². The van der Waals surface area contributed by atoms with E-state index in [1.54, 1.807) is 39.2 Å². The zero-order valence-corrected chi connectivity index (χ0v) is 29.5. The Hall–Kier alpha value is -6.10. The number of carbonyl (C=O) groups is 2. The van der Waals surface area contributed by atoms with Crippen LogP contribution in [0.5, 0.6) is 0 Å². The van der Waals surface area contributed by atoms with Gasteiger partial charge in [-0.15, -0.1) is 0 Å². The molecule has 0 bridgehead atoms. The standard InChI is InChI=1S/C41H40FN7O3/c1-27-22-28(20-21-43-27)37-32-24-44-36(46-38(50)45-34-26-48(25-33(34)42)39(51)52-40(2,3)4)23-35(32)49(47-37)41(29-14-8-5-9-15-29,30-16-10-6-11-17-30)31-18-12-7-13-19-31/h5-24,33-34H,25-26H2,1-4H3,(H2,44,45,46,50)/t33-,34-/m1/s1. The van der Waals surface area contributed by atoms with Crippen LogP contribution in [0.2, 0.25) is 0 Å². The minimum Gasteiger partial charge on any atom is -0.444 e. The van der Waals surface area contributed by atoms with Gasteiger partial charge in [0.15, 0.2) is 0 Å². The summed E-state index contributed by atoms with van der Waals surface area (Å²) in [6, 6.07) is 34.7. The van der Waals surface area contributed by atoms with Crippen molar-refractivity contribution in [2.24, 2.45) is 0 Å². The van der Waals surface area contributed by atoms with Crippen molar-refractivity contribution in [1.29, 1.82) is 0 Å². The summed E-state index contributed by atoms with van der Waals surface area (Å²) in [7, 11) is 0. The lowest BCUT2D eigenvalue weighted by atomic mass is 9.77. The smallest absolute Gasteiger partial charge is 0.410 e. The van der Waals surface area contributed by atoms with E-state index in [0.29, 0.717) is 11.2 Å². The van der Waals surface area contributed by atoms with Gasteiger partial charge in [-0.05, 0) is 56.5 Å². The molecule has 6 aromatic rings. The maximum atomic E-state index is 15.1. The van der Waals surface area contributed by atoms with E-state index in [4.69, 9.17) is 9.84 Å². The highest BCUT2D eigenvalue weighted by molar-refractivity contribution is 5.97. The molecule has 3 amide bonds. The average Bonchev–Trinajstić information content (AvgIpc) is 3.69. The van der Waals surface area contributed by atoms with Crippen molar-refractivity contribution in [3.63, 3.8) is 0 Å². The number of hydrogen-bond acceptors (Lipinski definition) is 6. The number of pyridine rings is 2. The molecule has 2 N–H and O–H groups in total. The molecular formula is C41H40FN7O3. The van der Waals surface area contributed by atoms with E-state index in [0.717, 1.165) is 33.3 Å². The molecule has 52 heavy (non-hydrogen) atoms. The number of benzene rings is 3. The molecule has 1 saturated heterocycles. The van der Waals surface area contributed by atoms with Crippen molar-refractivity contribution in [2.45, 2.75) is 51.0 Å². The van der Waals surface area contributed by atoms with Crippen LogP contribution in [0.25, 0.3) is 22.2 Å². The molecule has 4 heterocycles. The average molecular weight is 698 g/mol. The van der Waals surface area contributed by atoms with E-state index in [-0.39, 0.29) is 18.9 Å². The highest BCUT2D eigenvalue weighted by atomic mass is 19.1. The Morgan fingerprint density at radius 1 is 0.827 bits per heavy atom. The number of aromatic nitrogens is 4. The molecule has 11 heteroatoms. The number of rotatable bonds is 7. The number of anilines is 1. The van der Waals surface area contributed by atoms with Gasteiger partial charge in [-0.2, -0.15) is 5.10 Å². The Bertz CT molecular complexity index is 2110. The molecular weight excluding hydrogens is 657 g/mol. The molecule has 0 saturated carbocycles. The van der Waals surface area contributed by atoms with Crippen LogP contribution in [0.4, 0.5) is 19.8 Å². The van der Waals surface area contributed by atoms with Gasteiger partial charge in [-0.25, -0.2) is 23.6 Å². The molecule has 10 nitrogen and oxygen atoms in total. The van der Waals surface area contributed by atoms with Gasteiger partial charge in [0.05, 0.1) is 18.1 Å². The Morgan fingerprint density at radius 3 is 1.98 bits per heavy atom. The summed E-state index contributed by atoms with van der Waals surface area (Å²) >= 11 is 0. The third-order valence-electron chi connectivity index (χ3n) is 9.09. The first-order chi connectivity index (χ1) is 25.0. The fourth-order valence-corrected chi connectivity index (χ4v) is 6.84. The molecule has 7 rings (SSSR count). The summed E-state index contributed by atoms with van der Waals surface area (Å²) in [5.41, 5.74) is 4.35. The molecule has 1 fully saturated rings. The highest BCUT2D eigenvalue weighted by Gasteiger charge is 2.42. The number of aryl methyl sites for hydroxylation is 1. The molecule has 2 atom stereocenters. The number of amides is 3. The van der Waals surface area contributed by atoms with Gasteiger partial charge < -0.3 is 15.0 Å². The number of halogens is 1. The zero-order chi connectivity index (χ0) is 36.5. The number of nitrogens with zero attached hydrogens (tertiary/aromatic N) is 5. The van der Waals surface area contributed by atoms with Crippen LogP contribution < -0.4 is 10.6 Å². The summed E-state index contributed by atoms with van der Waals surface area (Å²) in [6.07, 6.45) is 1.36. The molecule has 0 spiro atoms. The van der Waals surface area contributed by atoms with E-state index in [1.807, 2.05) is 78.3 Å². The predicted molar refractivity (Wildman–Crippen MR) is 199 cm³/mol. The van der Waals surface area contributed by atoms with Crippen molar-refractivity contribution in [1.82, 2.24) is 30.0 Å². The summed E-state index contributed by atoms with van der Waals surface area (Å²) in [5, 5.41) is 11.6. The fraction of sp³-hybridized carbons (Fsp3) is 0.244. The number of carbonyl (C=O) groups excluding carboxylic acids is 2. The predicted octanol–water partition coefficient (Wildman–Crippen LogP) is 7.72. The second kappa shape index (κ2) is 13.9. The molecule has 3 aromatic carbocycles. The largest absolute Gasteiger partial charge is 0.444 e. The molecule has 0 radical (unpaired) electrons. The lowest BCUT2D eigenvalue weighted by Crippen LogP contribution is -2.44. The number of nitrogens with one attached hydrogen (secondary N) is 2. The quantitative estimate of drug-likeness (QED) is 0.165. The van der Waals surface area contributed by atoms with Crippen LogP contribution in [0.3, 0.4) is 0 Å². The SMILES string of the molecule is Cc1cc(-c2nn(C(c3ccccc3)(c3ccccc3)c3ccccc3)c3cc(NC(=O)N[C@@H]4CN(C(=O)OC(C)(C)C)C[C@H]4F)ncc23)ccn1. The third kappa shape index (κ3) is 6.69. The van der Waals surface area contributed by atoms with Crippen molar-refractivity contribution in [3.05, 3.63) is 144 Å². The van der Waals surface area contributed by atoms with Crippen molar-refractivity contribution in [3.8, 4) is 11.3 Å². The molecule has 1 aliphatic rings. The normalized spacial score (nSPS) is 16.1. The lowest BCUT2D eigenvalue weighted by Gasteiger charge is -2.37. The Labute approximate surface area is 301 Å². The monoisotopic (exact) mass is 697 g/mol. The number of fused-ring (bicyclic) bond motifs is 1. The second-order valence-corrected chi connectivity index (χ2v) is 13.9. The Morgan fingerprint density at radius 2 is 1.42 bits per heavy atom. The van der Waals surface area contributed by atoms with Crippen molar-refractivity contribution < 1.29 is 18.7 Å². The summed E-state index contributed by atoms with van der Waals surface area (Å²) in [4.78, 5) is 36.3. The van der Waals surface area contributed by atoms with E-state index in [2.05, 4.69) is 57.0 Å². The maximum absolute atomic E-state index is 15.1. The van der Waals surface area contributed by atoms with Crippen molar-refractivity contribution in [2.75, 3.05) is 18.4 Å². The van der Waals surface area contributed by atoms with Gasteiger partial charge in [-0.3, -0.25) is 10.3 Å². The maximum Gasteiger partial charge on any atom is 0.410 e. The molecule has 0 aliphatic carbocycles. The first kappa shape index (κ1) is 34.4. The zero-order valence-electron chi connectivity index (χ0n) is 29.5. The van der Waals surface area contributed by atoms with E-state index >= 15 is 4.39 Å². The summed E-state index contributed by atoms with van der Waals surface area (Å²) < 4.78 is 22.5. The van der Waals surface area contributed by atoms with Crippen molar-refractivity contribution >= 4 is 28.8 Å². The van der Waals surface area contributed by atoms with Gasteiger partial charge in [-0.1, -0.05) is 91.0 Å². The number of likely N-dealkylation sites (tertiary alicyclic amines) is 1. The van der Waals surface area contributed by atoms with Gasteiger partial charge in [0.25, 0.3) is 0 Å². The fourth-order valence-electron chi connectivity index (χ4n) is 6.84. The first-order valence-electron chi connectivity index (χ1n) is 17.2. The van der Waals surface area contributed by atoms with Crippen LogP contribution in [0.15, 0.2) is 122 Å². The molecule has 264 valence electrons. The van der Waals surface area contributed by atoms with Gasteiger partial charge in [0, 0.05) is 41.6 Å². The Balaban J connectivity index is 1.34. The topological polar surface area (TPSA) is 114 Å². The van der Waals surface area contributed by atoms with Crippen LogP contribution >= 0.6 is 0 Å². The van der Waals surface area contributed by atoms with E-state index in [9.17, 15) is 9.59 Å². The summed E-state index contributed by atoms with van der Waals surface area (Å²) in [6.45, 7) is 6.97. The molecule has 1 aliphatic heterocycles. The molecule has 3 aromatic heterocycles. The second-order valence-electron chi connectivity index (χ2n) is 13.9. The van der Waals surface area contributed by atoms with E-state index < -0.39 is 35.5 Å². The highest BCUT2D eigenvalue weighted by Crippen LogP contribution is 2.44. The summed E-state index contributed by atoms with van der Waals surface area (Å²) in [5.74, 6) is 0.240. The number of ether oxygens (including phenoxy) is 1. The number of alkyl halides is 1. The first-order valence-corrected chi connectivity index (χ1v) is 17.2. The molecule has 0 unspecified atom stereocenters. The van der Waals surface area contributed by atoms with E-state index in [1.165, 1.54) is 4.90 Å². The van der Waals surface area contributed by atoms with Crippen LogP contribution in [0.1, 0.15) is 43.2 Å².